The first-order valence-electron chi connectivity index (χ1n) is 7.59. The van der Waals surface area contributed by atoms with E-state index < -0.39 is 0 Å². The first kappa shape index (κ1) is 15.2. The third kappa shape index (κ3) is 3.20. The van der Waals surface area contributed by atoms with Crippen molar-refractivity contribution in [2.45, 2.75) is 19.9 Å². The normalized spacial score (nSPS) is 16.2. The number of anilines is 1. The van der Waals surface area contributed by atoms with Crippen LogP contribution in [0.2, 0.25) is 0 Å². The minimum atomic E-state index is -0.0250. The number of piperazine rings is 1. The maximum atomic E-state index is 12.1. The molecule has 22 heavy (non-hydrogen) atoms. The van der Waals surface area contributed by atoms with Crippen LogP contribution >= 0.6 is 11.3 Å². The molecule has 1 aliphatic rings. The lowest BCUT2D eigenvalue weighted by Crippen LogP contribution is -2.48. The number of aryl methyl sites for hydroxylation is 2. The molecule has 0 saturated carbocycles. The van der Waals surface area contributed by atoms with E-state index in [0.29, 0.717) is 5.82 Å². The smallest absolute Gasteiger partial charge is 0.293 e. The van der Waals surface area contributed by atoms with E-state index in [1.807, 2.05) is 0 Å². The summed E-state index contributed by atoms with van der Waals surface area (Å²) in [4.78, 5) is 25.5. The second-order valence-electron chi connectivity index (χ2n) is 5.52. The molecule has 1 saturated heterocycles. The van der Waals surface area contributed by atoms with Crippen LogP contribution in [0.3, 0.4) is 0 Å². The van der Waals surface area contributed by atoms with Crippen LogP contribution in [0.1, 0.15) is 17.6 Å². The predicted octanol–water partition coefficient (Wildman–Crippen LogP) is 1.12. The van der Waals surface area contributed by atoms with E-state index in [0.717, 1.165) is 44.8 Å². The van der Waals surface area contributed by atoms with Crippen molar-refractivity contribution in [3.8, 4) is 0 Å². The van der Waals surface area contributed by atoms with Gasteiger partial charge >= 0.3 is 0 Å². The topological polar surface area (TPSA) is 54.3 Å². The fourth-order valence-corrected chi connectivity index (χ4v) is 3.37. The van der Waals surface area contributed by atoms with Gasteiger partial charge in [0.25, 0.3) is 5.56 Å². The predicted molar refractivity (Wildman–Crippen MR) is 88.5 cm³/mol. The molecule has 0 spiro atoms. The van der Waals surface area contributed by atoms with Crippen molar-refractivity contribution in [1.29, 1.82) is 0 Å². The molecule has 0 bridgehead atoms. The van der Waals surface area contributed by atoms with Gasteiger partial charge in [-0.2, -0.15) is 0 Å². The van der Waals surface area contributed by atoms with Gasteiger partial charge in [0.1, 0.15) is 0 Å². The van der Waals surface area contributed by atoms with Crippen molar-refractivity contribution in [2.75, 3.05) is 31.1 Å². The maximum absolute atomic E-state index is 12.1. The lowest BCUT2D eigenvalue weighted by atomic mass is 10.3. The molecule has 2 aromatic rings. The Morgan fingerprint density at radius 3 is 2.73 bits per heavy atom. The summed E-state index contributed by atoms with van der Waals surface area (Å²) in [5.74, 6) is 0.562. The quantitative estimate of drug-likeness (QED) is 0.845. The number of thiazole rings is 1. The number of hydrogen-bond donors (Lipinski definition) is 0. The summed E-state index contributed by atoms with van der Waals surface area (Å²) in [7, 11) is 1.76. The number of rotatable bonds is 4. The Kier molecular flexibility index (Phi) is 4.54. The van der Waals surface area contributed by atoms with Crippen LogP contribution in [0, 0.1) is 0 Å². The summed E-state index contributed by atoms with van der Waals surface area (Å²) in [5, 5.41) is 3.35. The van der Waals surface area contributed by atoms with Crippen LogP contribution < -0.4 is 10.5 Å². The monoisotopic (exact) mass is 319 g/mol. The largest absolute Gasteiger partial charge is 0.349 e. The van der Waals surface area contributed by atoms with Gasteiger partial charge in [-0.3, -0.25) is 9.69 Å². The molecule has 0 atom stereocenters. The van der Waals surface area contributed by atoms with Crippen molar-refractivity contribution >= 4 is 17.2 Å². The van der Waals surface area contributed by atoms with Gasteiger partial charge < -0.3 is 9.47 Å². The zero-order chi connectivity index (χ0) is 15.5. The molecule has 118 valence electrons. The SMILES string of the molecule is CCc1nc(CN2CCN(c3nccn(C)c3=O)CC2)cs1. The van der Waals surface area contributed by atoms with Gasteiger partial charge in [0.15, 0.2) is 5.82 Å². The highest BCUT2D eigenvalue weighted by Gasteiger charge is 2.21. The molecule has 0 N–H and O–H groups in total. The lowest BCUT2D eigenvalue weighted by Gasteiger charge is -2.34. The van der Waals surface area contributed by atoms with Gasteiger partial charge in [-0.25, -0.2) is 9.97 Å². The number of aromatic nitrogens is 3. The van der Waals surface area contributed by atoms with Crippen molar-refractivity contribution < 1.29 is 0 Å². The Labute approximate surface area is 134 Å². The molecule has 0 amide bonds. The summed E-state index contributed by atoms with van der Waals surface area (Å²) in [5.41, 5.74) is 1.13. The number of hydrogen-bond acceptors (Lipinski definition) is 6. The molecule has 0 unspecified atom stereocenters. The summed E-state index contributed by atoms with van der Waals surface area (Å²) >= 11 is 1.74. The van der Waals surface area contributed by atoms with Crippen LogP contribution in [0.4, 0.5) is 5.82 Å². The third-order valence-electron chi connectivity index (χ3n) is 3.96. The Morgan fingerprint density at radius 2 is 2.05 bits per heavy atom. The highest BCUT2D eigenvalue weighted by Crippen LogP contribution is 2.14. The van der Waals surface area contributed by atoms with Crippen LogP contribution in [0.5, 0.6) is 0 Å². The van der Waals surface area contributed by atoms with E-state index in [1.54, 1.807) is 35.3 Å². The van der Waals surface area contributed by atoms with Gasteiger partial charge in [0, 0.05) is 57.5 Å². The Morgan fingerprint density at radius 1 is 1.27 bits per heavy atom. The Hall–Kier alpha value is -1.73. The van der Waals surface area contributed by atoms with E-state index >= 15 is 0 Å². The summed E-state index contributed by atoms with van der Waals surface area (Å²) < 4.78 is 1.58. The Balaban J connectivity index is 1.60. The van der Waals surface area contributed by atoms with Crippen LogP contribution in [0.15, 0.2) is 22.6 Å². The average Bonchev–Trinajstić information content (AvgIpc) is 2.99. The molecule has 0 aliphatic carbocycles. The lowest BCUT2D eigenvalue weighted by molar-refractivity contribution is 0.246. The molecule has 0 radical (unpaired) electrons. The van der Waals surface area contributed by atoms with E-state index in [9.17, 15) is 4.79 Å². The van der Waals surface area contributed by atoms with Gasteiger partial charge in [-0.05, 0) is 6.42 Å². The van der Waals surface area contributed by atoms with Gasteiger partial charge in [0.2, 0.25) is 0 Å². The first-order chi connectivity index (χ1) is 10.7. The second kappa shape index (κ2) is 6.58. The fraction of sp³-hybridized carbons (Fsp3) is 0.533. The van der Waals surface area contributed by atoms with E-state index in [-0.39, 0.29) is 5.56 Å². The van der Waals surface area contributed by atoms with E-state index in [1.165, 1.54) is 5.01 Å². The third-order valence-corrected chi connectivity index (χ3v) is 5.00. The maximum Gasteiger partial charge on any atom is 0.293 e. The molecular weight excluding hydrogens is 298 g/mol. The zero-order valence-electron chi connectivity index (χ0n) is 13.0. The summed E-state index contributed by atoms with van der Waals surface area (Å²) in [6, 6.07) is 0. The molecular formula is C15H21N5OS. The van der Waals surface area contributed by atoms with Crippen molar-refractivity contribution in [2.24, 2.45) is 7.05 Å². The number of nitrogens with zero attached hydrogens (tertiary/aromatic N) is 5. The van der Waals surface area contributed by atoms with Crippen LogP contribution in [-0.4, -0.2) is 45.6 Å². The highest BCUT2D eigenvalue weighted by molar-refractivity contribution is 7.09. The molecule has 6 nitrogen and oxygen atoms in total. The second-order valence-corrected chi connectivity index (χ2v) is 6.46. The standard InChI is InChI=1S/C15H21N5OS/c1-3-13-17-12(11-22-13)10-19-6-8-20(9-7-19)14-15(21)18(2)5-4-16-14/h4-5,11H,3,6-10H2,1-2H3. The summed E-state index contributed by atoms with van der Waals surface area (Å²) in [6.45, 7) is 6.55. The summed E-state index contributed by atoms with van der Waals surface area (Å²) in [6.07, 6.45) is 4.38. The van der Waals surface area contributed by atoms with Gasteiger partial charge in [-0.1, -0.05) is 6.92 Å². The fourth-order valence-electron chi connectivity index (χ4n) is 2.63. The van der Waals surface area contributed by atoms with Crippen LogP contribution in [0.25, 0.3) is 0 Å². The minimum Gasteiger partial charge on any atom is -0.349 e. The molecule has 0 aromatic carbocycles. The van der Waals surface area contributed by atoms with Crippen LogP contribution in [-0.2, 0) is 20.0 Å². The molecule has 1 aliphatic heterocycles. The highest BCUT2D eigenvalue weighted by atomic mass is 32.1. The van der Waals surface area contributed by atoms with Gasteiger partial charge in [-0.15, -0.1) is 11.3 Å². The Bertz CT molecular complexity index is 687. The van der Waals surface area contributed by atoms with Crippen molar-refractivity contribution in [1.82, 2.24) is 19.4 Å². The molecule has 3 rings (SSSR count). The zero-order valence-corrected chi connectivity index (χ0v) is 13.8. The van der Waals surface area contributed by atoms with E-state index in [4.69, 9.17) is 0 Å². The van der Waals surface area contributed by atoms with Crippen molar-refractivity contribution in [3.63, 3.8) is 0 Å². The molecule has 7 heteroatoms. The van der Waals surface area contributed by atoms with Gasteiger partial charge in [0.05, 0.1) is 10.7 Å². The average molecular weight is 319 g/mol. The first-order valence-corrected chi connectivity index (χ1v) is 8.47. The molecule has 2 aromatic heterocycles. The molecule has 1 fully saturated rings. The van der Waals surface area contributed by atoms with Crippen molar-refractivity contribution in [3.05, 3.63) is 38.8 Å². The van der Waals surface area contributed by atoms with E-state index in [2.05, 4.69) is 32.1 Å². The molecule has 3 heterocycles. The minimum absolute atomic E-state index is 0.0250.